The van der Waals surface area contributed by atoms with Crippen molar-refractivity contribution in [2.45, 2.75) is 26.7 Å². The number of likely N-dealkylation sites (tertiary alicyclic amines) is 1. The van der Waals surface area contributed by atoms with Crippen molar-refractivity contribution in [3.8, 4) is 11.1 Å². The quantitative estimate of drug-likeness (QED) is 0.680. The van der Waals surface area contributed by atoms with Gasteiger partial charge in [0.1, 0.15) is 0 Å². The number of benzene rings is 2. The van der Waals surface area contributed by atoms with Gasteiger partial charge in [0.25, 0.3) is 5.91 Å². The van der Waals surface area contributed by atoms with Crippen molar-refractivity contribution >= 4 is 17.5 Å². The van der Waals surface area contributed by atoms with Gasteiger partial charge in [-0.25, -0.2) is 9.97 Å². The monoisotopic (exact) mass is 386 g/mol. The Labute approximate surface area is 171 Å². The predicted molar refractivity (Wildman–Crippen MR) is 116 cm³/mol. The van der Waals surface area contributed by atoms with Gasteiger partial charge >= 0.3 is 0 Å². The molecule has 0 aliphatic carbocycles. The Balaban J connectivity index is 1.46. The molecule has 2 aromatic carbocycles. The highest BCUT2D eigenvalue weighted by atomic mass is 16.2. The largest absolute Gasteiger partial charge is 0.339 e. The summed E-state index contributed by atoms with van der Waals surface area (Å²) in [4.78, 5) is 23.6. The normalized spacial score (nSPS) is 14.6. The zero-order valence-electron chi connectivity index (χ0n) is 16.9. The van der Waals surface area contributed by atoms with E-state index in [2.05, 4.69) is 47.3 Å². The molecule has 0 spiro atoms. The van der Waals surface area contributed by atoms with E-state index in [9.17, 15) is 4.79 Å². The molecule has 1 aromatic heterocycles. The number of anilines is 2. The van der Waals surface area contributed by atoms with Crippen molar-refractivity contribution in [2.75, 3.05) is 18.4 Å². The Hall–Kier alpha value is -3.21. The molecular formula is C24H26N4O. The maximum Gasteiger partial charge on any atom is 0.253 e. The van der Waals surface area contributed by atoms with Crippen LogP contribution in [0.2, 0.25) is 0 Å². The Kier molecular flexibility index (Phi) is 5.56. The first-order valence-electron chi connectivity index (χ1n) is 10.1. The molecule has 3 aromatic rings. The first-order chi connectivity index (χ1) is 14.1. The van der Waals surface area contributed by atoms with Gasteiger partial charge in [0.2, 0.25) is 5.95 Å². The maximum absolute atomic E-state index is 12.8. The molecule has 1 aliphatic heterocycles. The second-order valence-electron chi connectivity index (χ2n) is 7.85. The van der Waals surface area contributed by atoms with Crippen LogP contribution in [0.3, 0.4) is 0 Å². The summed E-state index contributed by atoms with van der Waals surface area (Å²) < 4.78 is 0. The van der Waals surface area contributed by atoms with Gasteiger partial charge < -0.3 is 10.2 Å². The van der Waals surface area contributed by atoms with Gasteiger partial charge in [-0.1, -0.05) is 42.8 Å². The number of carbonyl (C=O) groups is 1. The highest BCUT2D eigenvalue weighted by Gasteiger charge is 2.21. The van der Waals surface area contributed by atoms with Crippen LogP contribution in [-0.4, -0.2) is 33.9 Å². The lowest BCUT2D eigenvalue weighted by molar-refractivity contribution is 0.0697. The molecule has 2 heterocycles. The van der Waals surface area contributed by atoms with Crippen LogP contribution in [0, 0.1) is 12.8 Å². The van der Waals surface area contributed by atoms with Gasteiger partial charge in [0.15, 0.2) is 0 Å². The van der Waals surface area contributed by atoms with Gasteiger partial charge in [-0.3, -0.25) is 4.79 Å². The fraction of sp³-hybridized carbons (Fsp3) is 0.292. The fourth-order valence-electron chi connectivity index (χ4n) is 3.62. The molecule has 1 saturated heterocycles. The average Bonchev–Trinajstić information content (AvgIpc) is 2.74. The number of aryl methyl sites for hydroxylation is 1. The van der Waals surface area contributed by atoms with Crippen molar-refractivity contribution in [2.24, 2.45) is 5.92 Å². The Morgan fingerprint density at radius 2 is 1.72 bits per heavy atom. The summed E-state index contributed by atoms with van der Waals surface area (Å²) in [6.07, 6.45) is 5.78. The SMILES string of the molecule is Cc1cccc(-c2cnc(Nc3cccc(C(=O)N4CCC(C)CC4)c3)nc2)c1. The fourth-order valence-corrected chi connectivity index (χ4v) is 3.62. The van der Waals surface area contributed by atoms with Crippen molar-refractivity contribution in [1.29, 1.82) is 0 Å². The molecule has 0 radical (unpaired) electrons. The number of piperidine rings is 1. The smallest absolute Gasteiger partial charge is 0.253 e. The zero-order valence-corrected chi connectivity index (χ0v) is 16.9. The minimum atomic E-state index is 0.0938. The molecule has 1 N–H and O–H groups in total. The molecule has 0 bridgehead atoms. The molecule has 5 heteroatoms. The molecule has 29 heavy (non-hydrogen) atoms. The van der Waals surface area contributed by atoms with Crippen molar-refractivity contribution in [1.82, 2.24) is 14.9 Å². The number of nitrogens with one attached hydrogen (secondary N) is 1. The lowest BCUT2D eigenvalue weighted by Crippen LogP contribution is -2.37. The molecule has 4 rings (SSSR count). The number of aromatic nitrogens is 2. The van der Waals surface area contributed by atoms with Crippen molar-refractivity contribution < 1.29 is 4.79 Å². The van der Waals surface area contributed by atoms with E-state index in [0.717, 1.165) is 42.7 Å². The lowest BCUT2D eigenvalue weighted by atomic mass is 9.98. The Bertz CT molecular complexity index is 992. The number of hydrogen-bond acceptors (Lipinski definition) is 4. The Morgan fingerprint density at radius 3 is 2.45 bits per heavy atom. The second-order valence-corrected chi connectivity index (χ2v) is 7.85. The summed E-state index contributed by atoms with van der Waals surface area (Å²) >= 11 is 0. The molecule has 1 aliphatic rings. The lowest BCUT2D eigenvalue weighted by Gasteiger charge is -2.30. The number of rotatable bonds is 4. The highest BCUT2D eigenvalue weighted by Crippen LogP contribution is 2.22. The van der Waals surface area contributed by atoms with Crippen LogP contribution in [0.15, 0.2) is 60.9 Å². The second kappa shape index (κ2) is 8.43. The van der Waals surface area contributed by atoms with Crippen LogP contribution in [0.1, 0.15) is 35.7 Å². The molecule has 148 valence electrons. The van der Waals surface area contributed by atoms with E-state index >= 15 is 0 Å². The molecule has 1 amide bonds. The van der Waals surface area contributed by atoms with Gasteiger partial charge in [0.05, 0.1) is 0 Å². The van der Waals surface area contributed by atoms with Gasteiger partial charge in [-0.05, 0) is 49.4 Å². The summed E-state index contributed by atoms with van der Waals surface area (Å²) in [5.41, 5.74) is 4.78. The number of carbonyl (C=O) groups excluding carboxylic acids is 1. The molecule has 0 saturated carbocycles. The van der Waals surface area contributed by atoms with E-state index in [1.807, 2.05) is 47.6 Å². The van der Waals surface area contributed by atoms with Gasteiger partial charge in [-0.15, -0.1) is 0 Å². The molecule has 1 fully saturated rings. The maximum atomic E-state index is 12.8. The van der Waals surface area contributed by atoms with E-state index in [1.165, 1.54) is 5.56 Å². The minimum absolute atomic E-state index is 0.0938. The summed E-state index contributed by atoms with van der Waals surface area (Å²) in [7, 11) is 0. The van der Waals surface area contributed by atoms with E-state index in [0.29, 0.717) is 17.4 Å². The predicted octanol–water partition coefficient (Wildman–Crippen LogP) is 5.07. The summed E-state index contributed by atoms with van der Waals surface area (Å²) in [6, 6.07) is 15.8. The number of amides is 1. The van der Waals surface area contributed by atoms with Crippen molar-refractivity contribution in [3.63, 3.8) is 0 Å². The van der Waals surface area contributed by atoms with E-state index < -0.39 is 0 Å². The molecular weight excluding hydrogens is 360 g/mol. The van der Waals surface area contributed by atoms with Gasteiger partial charge in [0, 0.05) is 42.3 Å². The summed E-state index contributed by atoms with van der Waals surface area (Å²) in [6.45, 7) is 5.98. The van der Waals surface area contributed by atoms with Crippen LogP contribution in [0.25, 0.3) is 11.1 Å². The Morgan fingerprint density at radius 1 is 1.00 bits per heavy atom. The first kappa shape index (κ1) is 19.1. The summed E-state index contributed by atoms with van der Waals surface area (Å²) in [5, 5.41) is 3.21. The van der Waals surface area contributed by atoms with Crippen LogP contribution in [-0.2, 0) is 0 Å². The van der Waals surface area contributed by atoms with E-state index in [1.54, 1.807) is 0 Å². The van der Waals surface area contributed by atoms with E-state index in [-0.39, 0.29) is 5.91 Å². The van der Waals surface area contributed by atoms with Gasteiger partial charge in [-0.2, -0.15) is 0 Å². The van der Waals surface area contributed by atoms with E-state index in [4.69, 9.17) is 0 Å². The standard InChI is InChI=1S/C24H26N4O/c1-17-9-11-28(12-10-17)23(29)20-7-4-8-22(14-20)27-24-25-15-21(16-26-24)19-6-3-5-18(2)13-19/h3-8,13-17H,9-12H2,1-2H3,(H,25,26,27). The molecule has 0 atom stereocenters. The topological polar surface area (TPSA) is 58.1 Å². The summed E-state index contributed by atoms with van der Waals surface area (Å²) in [5.74, 6) is 1.31. The average molecular weight is 386 g/mol. The van der Waals surface area contributed by atoms with Crippen molar-refractivity contribution in [3.05, 3.63) is 72.1 Å². The van der Waals surface area contributed by atoms with Crippen LogP contribution in [0.5, 0.6) is 0 Å². The molecule has 0 unspecified atom stereocenters. The highest BCUT2D eigenvalue weighted by molar-refractivity contribution is 5.95. The first-order valence-corrected chi connectivity index (χ1v) is 10.1. The third kappa shape index (κ3) is 4.62. The van der Waals surface area contributed by atoms with Crippen LogP contribution < -0.4 is 5.32 Å². The van der Waals surface area contributed by atoms with Crippen LogP contribution >= 0.6 is 0 Å². The van der Waals surface area contributed by atoms with Crippen LogP contribution in [0.4, 0.5) is 11.6 Å². The zero-order chi connectivity index (χ0) is 20.2. The number of nitrogens with zero attached hydrogens (tertiary/aromatic N) is 3. The molecule has 5 nitrogen and oxygen atoms in total. The third-order valence-electron chi connectivity index (χ3n) is 5.44. The number of hydrogen-bond donors (Lipinski definition) is 1. The third-order valence-corrected chi connectivity index (χ3v) is 5.44. The minimum Gasteiger partial charge on any atom is -0.339 e.